The van der Waals surface area contributed by atoms with Crippen molar-refractivity contribution in [1.82, 2.24) is 4.90 Å². The molecule has 20 heavy (non-hydrogen) atoms. The first-order chi connectivity index (χ1) is 9.92. The number of nitrogens with zero attached hydrogens (tertiary/aromatic N) is 1. The first-order valence-electron chi connectivity index (χ1n) is 8.19. The van der Waals surface area contributed by atoms with Gasteiger partial charge >= 0.3 is 0 Å². The van der Waals surface area contributed by atoms with Crippen molar-refractivity contribution >= 4 is 0 Å². The topological polar surface area (TPSA) is 3.24 Å². The van der Waals surface area contributed by atoms with E-state index >= 15 is 0 Å². The van der Waals surface area contributed by atoms with Gasteiger partial charge in [-0.2, -0.15) is 0 Å². The Bertz CT molecular complexity index is 420. The van der Waals surface area contributed by atoms with Crippen molar-refractivity contribution in [2.24, 2.45) is 0 Å². The summed E-state index contributed by atoms with van der Waals surface area (Å²) in [5, 5.41) is 0. The van der Waals surface area contributed by atoms with Gasteiger partial charge in [0.05, 0.1) is 6.04 Å². The highest BCUT2D eigenvalue weighted by atomic mass is 15.2. The van der Waals surface area contributed by atoms with Gasteiger partial charge in [0.25, 0.3) is 0 Å². The molecular formula is C19H27N. The van der Waals surface area contributed by atoms with Crippen molar-refractivity contribution in [3.63, 3.8) is 0 Å². The van der Waals surface area contributed by atoms with Crippen molar-refractivity contribution in [2.45, 2.75) is 57.9 Å². The fourth-order valence-electron chi connectivity index (χ4n) is 2.83. The zero-order chi connectivity index (χ0) is 14.0. The Morgan fingerprint density at radius 2 is 1.80 bits per heavy atom. The van der Waals surface area contributed by atoms with Crippen LogP contribution in [0.2, 0.25) is 0 Å². The Hall–Kier alpha value is -1.26. The first kappa shape index (κ1) is 15.1. The first-order valence-corrected chi connectivity index (χ1v) is 8.19. The molecular weight excluding hydrogens is 242 g/mol. The maximum Gasteiger partial charge on any atom is 0.0970 e. The molecule has 0 bridgehead atoms. The molecule has 1 aliphatic rings. The Kier molecular flexibility index (Phi) is 6.68. The van der Waals surface area contributed by atoms with Crippen molar-refractivity contribution in [1.29, 1.82) is 0 Å². The van der Waals surface area contributed by atoms with Gasteiger partial charge in [0, 0.05) is 6.42 Å². The molecule has 108 valence electrons. The van der Waals surface area contributed by atoms with E-state index in [1.165, 1.54) is 57.2 Å². The molecule has 1 nitrogen and oxygen atoms in total. The lowest BCUT2D eigenvalue weighted by atomic mass is 10.0. The Morgan fingerprint density at radius 3 is 2.50 bits per heavy atom. The van der Waals surface area contributed by atoms with Crippen molar-refractivity contribution < 1.29 is 0 Å². The fourth-order valence-corrected chi connectivity index (χ4v) is 2.83. The van der Waals surface area contributed by atoms with E-state index < -0.39 is 0 Å². The summed E-state index contributed by atoms with van der Waals surface area (Å²) in [5.74, 6) is 6.96. The van der Waals surface area contributed by atoms with Crippen molar-refractivity contribution in [2.75, 3.05) is 13.1 Å². The minimum absolute atomic E-state index is 0.304. The van der Waals surface area contributed by atoms with Crippen molar-refractivity contribution in [3.8, 4) is 11.8 Å². The SMILES string of the molecule is CCCCCC#CC(c1ccccc1)N1CCCCC1. The zero-order valence-corrected chi connectivity index (χ0v) is 12.8. The molecule has 0 aliphatic carbocycles. The molecule has 1 saturated heterocycles. The highest BCUT2D eigenvalue weighted by Crippen LogP contribution is 2.23. The number of likely N-dealkylation sites (tertiary alicyclic amines) is 1. The molecule has 1 fully saturated rings. The zero-order valence-electron chi connectivity index (χ0n) is 12.8. The lowest BCUT2D eigenvalue weighted by Gasteiger charge is -2.31. The second-order valence-electron chi connectivity index (χ2n) is 5.69. The standard InChI is InChI=1S/C19H27N/c1-2-3-4-5-10-15-19(18-13-8-6-9-14-18)20-16-11-7-12-17-20/h6,8-9,13-14,19H,2-5,7,11-12,16-17H2,1H3. The summed E-state index contributed by atoms with van der Waals surface area (Å²) in [4.78, 5) is 2.56. The molecule has 1 heterocycles. The highest BCUT2D eigenvalue weighted by Gasteiger charge is 2.19. The van der Waals surface area contributed by atoms with Gasteiger partial charge < -0.3 is 0 Å². The molecule has 1 aliphatic heterocycles. The summed E-state index contributed by atoms with van der Waals surface area (Å²) in [7, 11) is 0. The van der Waals surface area contributed by atoms with Crippen LogP contribution in [0.25, 0.3) is 0 Å². The molecule has 0 N–H and O–H groups in total. The lowest BCUT2D eigenvalue weighted by molar-refractivity contribution is 0.197. The summed E-state index contributed by atoms with van der Waals surface area (Å²) < 4.78 is 0. The van der Waals surface area contributed by atoms with E-state index in [1.54, 1.807) is 0 Å². The van der Waals surface area contributed by atoms with Gasteiger partial charge in [0.1, 0.15) is 0 Å². The number of benzene rings is 1. The van der Waals surface area contributed by atoms with Gasteiger partial charge in [-0.15, -0.1) is 5.92 Å². The van der Waals surface area contributed by atoms with Crippen LogP contribution in [0.3, 0.4) is 0 Å². The van der Waals surface area contributed by atoms with Gasteiger partial charge in [-0.3, -0.25) is 4.90 Å². The summed E-state index contributed by atoms with van der Waals surface area (Å²) in [6, 6.07) is 11.1. The average molecular weight is 269 g/mol. The Balaban J connectivity index is 2.03. The predicted octanol–water partition coefficient (Wildman–Crippen LogP) is 4.80. The number of rotatable bonds is 5. The van der Waals surface area contributed by atoms with E-state index in [-0.39, 0.29) is 0 Å². The third-order valence-corrected chi connectivity index (χ3v) is 4.02. The molecule has 0 radical (unpaired) electrons. The molecule has 0 amide bonds. The maximum atomic E-state index is 3.54. The molecule has 1 aromatic carbocycles. The number of piperidine rings is 1. The van der Waals surface area contributed by atoms with Crippen LogP contribution < -0.4 is 0 Å². The van der Waals surface area contributed by atoms with Crippen LogP contribution >= 0.6 is 0 Å². The predicted molar refractivity (Wildman–Crippen MR) is 86.5 cm³/mol. The van der Waals surface area contributed by atoms with Crippen LogP contribution in [0.15, 0.2) is 30.3 Å². The minimum Gasteiger partial charge on any atom is -0.286 e. The molecule has 0 spiro atoms. The van der Waals surface area contributed by atoms with Crippen LogP contribution in [0.4, 0.5) is 0 Å². The number of hydrogen-bond acceptors (Lipinski definition) is 1. The number of unbranched alkanes of at least 4 members (excludes halogenated alkanes) is 3. The van der Waals surface area contributed by atoms with Crippen LogP contribution in [-0.2, 0) is 0 Å². The Morgan fingerprint density at radius 1 is 1.05 bits per heavy atom. The summed E-state index contributed by atoms with van der Waals surface area (Å²) >= 11 is 0. The largest absolute Gasteiger partial charge is 0.286 e. The normalized spacial score (nSPS) is 17.2. The summed E-state index contributed by atoms with van der Waals surface area (Å²) in [6.07, 6.45) is 8.88. The van der Waals surface area contributed by atoms with Crippen molar-refractivity contribution in [3.05, 3.63) is 35.9 Å². The third-order valence-electron chi connectivity index (χ3n) is 4.02. The second kappa shape index (κ2) is 8.82. The lowest BCUT2D eigenvalue weighted by Crippen LogP contribution is -2.33. The number of hydrogen-bond donors (Lipinski definition) is 0. The smallest absolute Gasteiger partial charge is 0.0970 e. The summed E-state index contributed by atoms with van der Waals surface area (Å²) in [6.45, 7) is 4.64. The van der Waals surface area contributed by atoms with Gasteiger partial charge in [-0.25, -0.2) is 0 Å². The summed E-state index contributed by atoms with van der Waals surface area (Å²) in [5.41, 5.74) is 1.36. The molecule has 1 heteroatoms. The third kappa shape index (κ3) is 4.69. The quantitative estimate of drug-likeness (QED) is 0.548. The van der Waals surface area contributed by atoms with Gasteiger partial charge in [-0.1, -0.05) is 62.4 Å². The van der Waals surface area contributed by atoms with Crippen LogP contribution in [0.5, 0.6) is 0 Å². The molecule has 0 aromatic heterocycles. The minimum atomic E-state index is 0.304. The highest BCUT2D eigenvalue weighted by molar-refractivity contribution is 5.27. The van der Waals surface area contributed by atoms with Crippen LogP contribution in [0.1, 0.15) is 63.5 Å². The maximum absolute atomic E-state index is 3.54. The Labute approximate surface area is 124 Å². The monoisotopic (exact) mass is 269 g/mol. The molecule has 2 rings (SSSR count). The van der Waals surface area contributed by atoms with Gasteiger partial charge in [0.2, 0.25) is 0 Å². The molecule has 1 atom stereocenters. The van der Waals surface area contributed by atoms with E-state index in [1.807, 2.05) is 0 Å². The van der Waals surface area contributed by atoms with Gasteiger partial charge in [0.15, 0.2) is 0 Å². The van der Waals surface area contributed by atoms with E-state index in [2.05, 4.69) is 54.0 Å². The van der Waals surface area contributed by atoms with Gasteiger partial charge in [-0.05, 0) is 37.9 Å². The van der Waals surface area contributed by atoms with E-state index in [4.69, 9.17) is 0 Å². The molecule has 1 unspecified atom stereocenters. The second-order valence-corrected chi connectivity index (χ2v) is 5.69. The fraction of sp³-hybridized carbons (Fsp3) is 0.579. The van der Waals surface area contributed by atoms with Crippen LogP contribution in [-0.4, -0.2) is 18.0 Å². The van der Waals surface area contributed by atoms with E-state index in [0.29, 0.717) is 6.04 Å². The van der Waals surface area contributed by atoms with E-state index in [9.17, 15) is 0 Å². The van der Waals surface area contributed by atoms with E-state index in [0.717, 1.165) is 6.42 Å². The molecule has 0 saturated carbocycles. The van der Waals surface area contributed by atoms with Crippen LogP contribution in [0, 0.1) is 11.8 Å². The average Bonchev–Trinajstić information content (AvgIpc) is 2.53. The molecule has 1 aromatic rings.